The maximum atomic E-state index is 11.1. The van der Waals surface area contributed by atoms with E-state index in [4.69, 9.17) is 0 Å². The zero-order valence-electron chi connectivity index (χ0n) is 8.26. The lowest BCUT2D eigenvalue weighted by atomic mass is 10.1. The van der Waals surface area contributed by atoms with Gasteiger partial charge >= 0.3 is 5.97 Å². The molecular formula is C10H16O3. The zero-order chi connectivity index (χ0) is 10.3. The average molecular weight is 184 g/mol. The van der Waals surface area contributed by atoms with Crippen LogP contribution < -0.4 is 0 Å². The van der Waals surface area contributed by atoms with Crippen LogP contribution in [0.3, 0.4) is 0 Å². The van der Waals surface area contributed by atoms with Crippen LogP contribution in [0.15, 0.2) is 12.2 Å². The van der Waals surface area contributed by atoms with E-state index in [1.54, 1.807) is 6.92 Å². The first-order valence-electron chi connectivity index (χ1n) is 4.38. The number of carbonyl (C=O) groups excluding carboxylic acids is 2. The van der Waals surface area contributed by atoms with Gasteiger partial charge in [-0.25, -0.2) is 0 Å². The van der Waals surface area contributed by atoms with Gasteiger partial charge < -0.3 is 4.74 Å². The van der Waals surface area contributed by atoms with Crippen molar-refractivity contribution in [3.05, 3.63) is 12.2 Å². The molecule has 0 fully saturated rings. The highest BCUT2D eigenvalue weighted by molar-refractivity contribution is 5.95. The Morgan fingerprint density at radius 1 is 1.31 bits per heavy atom. The molecule has 13 heavy (non-hydrogen) atoms. The molecule has 0 bridgehead atoms. The van der Waals surface area contributed by atoms with E-state index in [-0.39, 0.29) is 12.2 Å². The van der Waals surface area contributed by atoms with Gasteiger partial charge in [0, 0.05) is 6.42 Å². The summed E-state index contributed by atoms with van der Waals surface area (Å²) in [6.45, 7) is 7.58. The van der Waals surface area contributed by atoms with Crippen molar-refractivity contribution < 1.29 is 14.3 Å². The molecule has 0 aromatic heterocycles. The second-order valence-electron chi connectivity index (χ2n) is 2.98. The van der Waals surface area contributed by atoms with E-state index in [2.05, 4.69) is 11.3 Å². The molecule has 0 aliphatic rings. The van der Waals surface area contributed by atoms with Crippen molar-refractivity contribution in [2.75, 3.05) is 6.61 Å². The van der Waals surface area contributed by atoms with E-state index >= 15 is 0 Å². The molecule has 0 unspecified atom stereocenters. The standard InChI is InChI=1S/C10H16O3/c1-4-13-10(12)7-9(11)6-5-8(2)3/h2,4-7H2,1,3H3. The van der Waals surface area contributed by atoms with Gasteiger partial charge in [-0.1, -0.05) is 5.57 Å². The SMILES string of the molecule is C=C(C)CCC(=O)CC(=O)OCC. The van der Waals surface area contributed by atoms with Crippen molar-refractivity contribution in [2.45, 2.75) is 33.1 Å². The second kappa shape index (κ2) is 6.40. The molecular weight excluding hydrogens is 168 g/mol. The average Bonchev–Trinajstić information content (AvgIpc) is 2.01. The zero-order valence-corrected chi connectivity index (χ0v) is 8.26. The number of rotatable bonds is 6. The van der Waals surface area contributed by atoms with Crippen LogP contribution in [-0.2, 0) is 14.3 Å². The number of ketones is 1. The Labute approximate surface area is 78.8 Å². The van der Waals surface area contributed by atoms with Gasteiger partial charge in [-0.05, 0) is 20.3 Å². The molecule has 0 atom stereocenters. The Bertz CT molecular complexity index is 206. The highest BCUT2D eigenvalue weighted by Gasteiger charge is 2.09. The summed E-state index contributed by atoms with van der Waals surface area (Å²) < 4.78 is 4.64. The second-order valence-corrected chi connectivity index (χ2v) is 2.98. The molecule has 3 heteroatoms. The first kappa shape index (κ1) is 11.9. The van der Waals surface area contributed by atoms with Gasteiger partial charge in [-0.2, -0.15) is 0 Å². The number of Topliss-reactive ketones (excluding diaryl/α,β-unsaturated/α-hetero) is 1. The van der Waals surface area contributed by atoms with Gasteiger partial charge in [0.1, 0.15) is 12.2 Å². The van der Waals surface area contributed by atoms with Crippen molar-refractivity contribution in [2.24, 2.45) is 0 Å². The maximum Gasteiger partial charge on any atom is 0.313 e. The molecule has 0 aliphatic carbocycles. The molecule has 0 aliphatic heterocycles. The molecule has 0 amide bonds. The summed E-state index contributed by atoms with van der Waals surface area (Å²) in [5, 5.41) is 0. The van der Waals surface area contributed by atoms with Gasteiger partial charge in [-0.3, -0.25) is 9.59 Å². The third-order valence-corrected chi connectivity index (χ3v) is 1.48. The number of carbonyl (C=O) groups is 2. The largest absolute Gasteiger partial charge is 0.466 e. The molecule has 0 radical (unpaired) electrons. The summed E-state index contributed by atoms with van der Waals surface area (Å²) in [5.74, 6) is -0.518. The lowest BCUT2D eigenvalue weighted by Gasteiger charge is -2.00. The Morgan fingerprint density at radius 3 is 2.38 bits per heavy atom. The Morgan fingerprint density at radius 2 is 1.92 bits per heavy atom. The maximum absolute atomic E-state index is 11.1. The summed E-state index contributed by atoms with van der Waals surface area (Å²) in [5.41, 5.74) is 0.956. The summed E-state index contributed by atoms with van der Waals surface area (Å²) in [4.78, 5) is 21.9. The van der Waals surface area contributed by atoms with E-state index in [1.807, 2.05) is 6.92 Å². The highest BCUT2D eigenvalue weighted by Crippen LogP contribution is 2.03. The fourth-order valence-corrected chi connectivity index (χ4v) is 0.814. The molecule has 0 saturated heterocycles. The summed E-state index contributed by atoms with van der Waals surface area (Å²) in [7, 11) is 0. The van der Waals surface area contributed by atoms with Gasteiger partial charge in [0.25, 0.3) is 0 Å². The van der Waals surface area contributed by atoms with Crippen LogP contribution in [0.25, 0.3) is 0 Å². The normalized spacial score (nSPS) is 9.38. The smallest absolute Gasteiger partial charge is 0.313 e. The molecule has 3 nitrogen and oxygen atoms in total. The van der Waals surface area contributed by atoms with Gasteiger partial charge in [0.05, 0.1) is 6.61 Å². The number of esters is 1. The molecule has 0 heterocycles. The third-order valence-electron chi connectivity index (χ3n) is 1.48. The van der Waals surface area contributed by atoms with E-state index in [1.165, 1.54) is 0 Å². The number of hydrogen-bond donors (Lipinski definition) is 0. The number of allylic oxidation sites excluding steroid dienone is 1. The van der Waals surface area contributed by atoms with Gasteiger partial charge in [0.15, 0.2) is 0 Å². The molecule has 0 rings (SSSR count). The van der Waals surface area contributed by atoms with Crippen LogP contribution in [0, 0.1) is 0 Å². The quantitative estimate of drug-likeness (QED) is 0.359. The Hall–Kier alpha value is -1.12. The topological polar surface area (TPSA) is 43.4 Å². The van der Waals surface area contributed by atoms with Crippen LogP contribution in [-0.4, -0.2) is 18.4 Å². The molecule has 0 saturated carbocycles. The lowest BCUT2D eigenvalue weighted by Crippen LogP contribution is -2.10. The van der Waals surface area contributed by atoms with Crippen molar-refractivity contribution >= 4 is 11.8 Å². The van der Waals surface area contributed by atoms with Gasteiger partial charge in [0.2, 0.25) is 0 Å². The van der Waals surface area contributed by atoms with Crippen LogP contribution >= 0.6 is 0 Å². The predicted octanol–water partition coefficient (Wildman–Crippen LogP) is 1.86. The predicted molar refractivity (Wildman–Crippen MR) is 50.3 cm³/mol. The van der Waals surface area contributed by atoms with E-state index in [9.17, 15) is 9.59 Å². The van der Waals surface area contributed by atoms with Crippen molar-refractivity contribution in [1.82, 2.24) is 0 Å². The van der Waals surface area contributed by atoms with Crippen LogP contribution in [0.4, 0.5) is 0 Å². The fraction of sp³-hybridized carbons (Fsp3) is 0.600. The lowest BCUT2D eigenvalue weighted by molar-refractivity contribution is -0.145. The highest BCUT2D eigenvalue weighted by atomic mass is 16.5. The first-order valence-corrected chi connectivity index (χ1v) is 4.38. The molecule has 0 spiro atoms. The minimum atomic E-state index is -0.436. The summed E-state index contributed by atoms with van der Waals surface area (Å²) >= 11 is 0. The number of hydrogen-bond acceptors (Lipinski definition) is 3. The van der Waals surface area contributed by atoms with Crippen LogP contribution in [0.1, 0.15) is 33.1 Å². The molecule has 0 N–H and O–H groups in total. The molecule has 74 valence electrons. The molecule has 0 aromatic rings. The Balaban J connectivity index is 3.62. The molecule has 0 aromatic carbocycles. The Kier molecular flexibility index (Phi) is 5.85. The van der Waals surface area contributed by atoms with E-state index in [0.29, 0.717) is 19.4 Å². The summed E-state index contributed by atoms with van der Waals surface area (Å²) in [6, 6.07) is 0. The minimum absolute atomic E-state index is 0.0820. The van der Waals surface area contributed by atoms with E-state index < -0.39 is 5.97 Å². The first-order chi connectivity index (χ1) is 6.06. The van der Waals surface area contributed by atoms with Crippen molar-refractivity contribution in [3.63, 3.8) is 0 Å². The minimum Gasteiger partial charge on any atom is -0.466 e. The summed E-state index contributed by atoms with van der Waals surface area (Å²) in [6.07, 6.45) is 0.924. The van der Waals surface area contributed by atoms with Crippen LogP contribution in [0.2, 0.25) is 0 Å². The van der Waals surface area contributed by atoms with Crippen molar-refractivity contribution in [1.29, 1.82) is 0 Å². The third kappa shape index (κ3) is 7.25. The monoisotopic (exact) mass is 184 g/mol. The van der Waals surface area contributed by atoms with Gasteiger partial charge in [-0.15, -0.1) is 6.58 Å². The fourth-order valence-electron chi connectivity index (χ4n) is 0.814. The van der Waals surface area contributed by atoms with Crippen molar-refractivity contribution in [3.8, 4) is 0 Å². The van der Waals surface area contributed by atoms with Crippen LogP contribution in [0.5, 0.6) is 0 Å². The number of ether oxygens (including phenoxy) is 1. The van der Waals surface area contributed by atoms with E-state index in [0.717, 1.165) is 5.57 Å².